The van der Waals surface area contributed by atoms with Crippen LogP contribution in [-0.2, 0) is 11.2 Å². The van der Waals surface area contributed by atoms with E-state index in [9.17, 15) is 4.79 Å². The lowest BCUT2D eigenvalue weighted by atomic mass is 9.93. The molecule has 0 saturated carbocycles. The molecule has 80 valence electrons. The molecule has 3 heteroatoms. The third-order valence-corrected chi connectivity index (χ3v) is 3.03. The zero-order valence-corrected chi connectivity index (χ0v) is 8.94. The molecule has 1 heterocycles. The number of hydrogen-bond acceptors (Lipinski definition) is 2. The van der Waals surface area contributed by atoms with Crippen LogP contribution in [0.2, 0.25) is 0 Å². The first-order chi connectivity index (χ1) is 7.18. The highest BCUT2D eigenvalue weighted by atomic mass is 16.1. The van der Waals surface area contributed by atoms with E-state index in [2.05, 4.69) is 11.0 Å². The van der Waals surface area contributed by atoms with Gasteiger partial charge in [-0.15, -0.1) is 0 Å². The first-order valence-corrected chi connectivity index (χ1v) is 5.24. The SMILES string of the molecule is CN1CCc2ccccc2C(C(N)=O)C1. The third kappa shape index (κ3) is 2.02. The Bertz CT molecular complexity index is 376. The minimum atomic E-state index is -0.226. The lowest BCUT2D eigenvalue weighted by molar-refractivity contribution is -0.119. The van der Waals surface area contributed by atoms with Crippen molar-refractivity contribution in [3.8, 4) is 0 Å². The Morgan fingerprint density at radius 2 is 2.20 bits per heavy atom. The summed E-state index contributed by atoms with van der Waals surface area (Å²) < 4.78 is 0. The highest BCUT2D eigenvalue weighted by Gasteiger charge is 2.24. The molecule has 0 saturated heterocycles. The summed E-state index contributed by atoms with van der Waals surface area (Å²) in [7, 11) is 2.03. The van der Waals surface area contributed by atoms with Gasteiger partial charge >= 0.3 is 0 Å². The van der Waals surface area contributed by atoms with Crippen molar-refractivity contribution in [1.29, 1.82) is 0 Å². The molecule has 0 fully saturated rings. The van der Waals surface area contributed by atoms with Crippen LogP contribution >= 0.6 is 0 Å². The summed E-state index contributed by atoms with van der Waals surface area (Å²) in [5.41, 5.74) is 7.81. The molecule has 1 aromatic rings. The first kappa shape index (κ1) is 10.2. The molecule has 1 aliphatic heterocycles. The van der Waals surface area contributed by atoms with Crippen LogP contribution in [0.5, 0.6) is 0 Å². The van der Waals surface area contributed by atoms with Crippen molar-refractivity contribution in [2.45, 2.75) is 12.3 Å². The van der Waals surface area contributed by atoms with E-state index in [0.717, 1.165) is 25.1 Å². The fraction of sp³-hybridized carbons (Fsp3) is 0.417. The van der Waals surface area contributed by atoms with Crippen LogP contribution in [-0.4, -0.2) is 30.9 Å². The number of nitrogens with two attached hydrogens (primary N) is 1. The highest BCUT2D eigenvalue weighted by molar-refractivity contribution is 5.82. The van der Waals surface area contributed by atoms with Crippen molar-refractivity contribution in [3.63, 3.8) is 0 Å². The van der Waals surface area contributed by atoms with Crippen LogP contribution in [0.3, 0.4) is 0 Å². The molecule has 0 spiro atoms. The number of benzene rings is 1. The minimum absolute atomic E-state index is 0.159. The Balaban J connectivity index is 2.41. The van der Waals surface area contributed by atoms with Gasteiger partial charge in [0.25, 0.3) is 0 Å². The number of hydrogen-bond donors (Lipinski definition) is 1. The molecular formula is C12H16N2O. The van der Waals surface area contributed by atoms with Gasteiger partial charge in [-0.1, -0.05) is 24.3 Å². The largest absolute Gasteiger partial charge is 0.369 e. The summed E-state index contributed by atoms with van der Waals surface area (Å²) in [5, 5.41) is 0. The molecule has 0 bridgehead atoms. The zero-order valence-electron chi connectivity index (χ0n) is 8.94. The number of nitrogens with zero attached hydrogens (tertiary/aromatic N) is 1. The predicted octanol–water partition coefficient (Wildman–Crippen LogP) is 0.743. The van der Waals surface area contributed by atoms with E-state index in [4.69, 9.17) is 5.73 Å². The summed E-state index contributed by atoms with van der Waals surface area (Å²) in [6, 6.07) is 8.09. The van der Waals surface area contributed by atoms with E-state index in [1.807, 2.05) is 25.2 Å². The van der Waals surface area contributed by atoms with Gasteiger partial charge in [0.05, 0.1) is 5.92 Å². The summed E-state index contributed by atoms with van der Waals surface area (Å²) in [5.74, 6) is -0.384. The van der Waals surface area contributed by atoms with Crippen molar-refractivity contribution in [3.05, 3.63) is 35.4 Å². The standard InChI is InChI=1S/C12H16N2O/c1-14-7-6-9-4-2-3-5-10(9)11(8-14)12(13)15/h2-5,11H,6-8H2,1H3,(H2,13,15). The zero-order chi connectivity index (χ0) is 10.8. The minimum Gasteiger partial charge on any atom is -0.369 e. The second-order valence-electron chi connectivity index (χ2n) is 4.17. The molecule has 1 aromatic carbocycles. The number of primary amides is 1. The normalized spacial score (nSPS) is 21.8. The quantitative estimate of drug-likeness (QED) is 0.733. The van der Waals surface area contributed by atoms with Crippen LogP contribution in [0.1, 0.15) is 17.0 Å². The van der Waals surface area contributed by atoms with E-state index in [1.54, 1.807) is 0 Å². The molecular weight excluding hydrogens is 188 g/mol. The smallest absolute Gasteiger partial charge is 0.226 e. The van der Waals surface area contributed by atoms with Crippen molar-refractivity contribution in [2.24, 2.45) is 5.73 Å². The molecule has 1 unspecified atom stereocenters. The van der Waals surface area contributed by atoms with Gasteiger partial charge in [-0.25, -0.2) is 0 Å². The highest BCUT2D eigenvalue weighted by Crippen LogP contribution is 2.24. The summed E-state index contributed by atoms with van der Waals surface area (Å²) in [4.78, 5) is 13.6. The molecule has 15 heavy (non-hydrogen) atoms. The molecule has 0 radical (unpaired) electrons. The Kier molecular flexibility index (Phi) is 2.73. The summed E-state index contributed by atoms with van der Waals surface area (Å²) in [6.07, 6.45) is 0.996. The molecule has 2 rings (SSSR count). The van der Waals surface area contributed by atoms with Gasteiger partial charge in [0.2, 0.25) is 5.91 Å². The van der Waals surface area contributed by atoms with Crippen LogP contribution in [0.15, 0.2) is 24.3 Å². The molecule has 2 N–H and O–H groups in total. The van der Waals surface area contributed by atoms with Crippen molar-refractivity contribution in [2.75, 3.05) is 20.1 Å². The molecule has 3 nitrogen and oxygen atoms in total. The molecule has 1 amide bonds. The Morgan fingerprint density at radius 3 is 2.93 bits per heavy atom. The number of carbonyl (C=O) groups excluding carboxylic acids is 1. The van der Waals surface area contributed by atoms with Gasteiger partial charge in [-0.05, 0) is 24.6 Å². The average molecular weight is 204 g/mol. The number of rotatable bonds is 1. The van der Waals surface area contributed by atoms with Crippen LogP contribution in [0, 0.1) is 0 Å². The molecule has 1 atom stereocenters. The second-order valence-corrected chi connectivity index (χ2v) is 4.17. The van der Waals surface area contributed by atoms with Gasteiger partial charge in [0.15, 0.2) is 0 Å². The third-order valence-electron chi connectivity index (χ3n) is 3.03. The maximum Gasteiger partial charge on any atom is 0.226 e. The lowest BCUT2D eigenvalue weighted by Gasteiger charge is -2.18. The van der Waals surface area contributed by atoms with Crippen molar-refractivity contribution in [1.82, 2.24) is 4.90 Å². The van der Waals surface area contributed by atoms with E-state index in [1.165, 1.54) is 5.56 Å². The van der Waals surface area contributed by atoms with Gasteiger partial charge in [0, 0.05) is 13.1 Å². The lowest BCUT2D eigenvalue weighted by Crippen LogP contribution is -2.31. The van der Waals surface area contributed by atoms with Gasteiger partial charge < -0.3 is 10.6 Å². The summed E-state index contributed by atoms with van der Waals surface area (Å²) in [6.45, 7) is 1.72. The van der Waals surface area contributed by atoms with Gasteiger partial charge in [-0.3, -0.25) is 4.79 Å². The topological polar surface area (TPSA) is 46.3 Å². The fourth-order valence-electron chi connectivity index (χ4n) is 2.16. The predicted molar refractivity (Wildman–Crippen MR) is 59.6 cm³/mol. The molecule has 0 aliphatic carbocycles. The van der Waals surface area contributed by atoms with Crippen LogP contribution < -0.4 is 5.73 Å². The number of likely N-dealkylation sites (N-methyl/N-ethyl adjacent to an activating group) is 1. The van der Waals surface area contributed by atoms with Crippen molar-refractivity contribution < 1.29 is 4.79 Å². The Labute approximate surface area is 89.9 Å². The fourth-order valence-corrected chi connectivity index (χ4v) is 2.16. The molecule has 1 aliphatic rings. The number of carbonyl (C=O) groups is 1. The monoisotopic (exact) mass is 204 g/mol. The summed E-state index contributed by atoms with van der Waals surface area (Å²) >= 11 is 0. The van der Waals surface area contributed by atoms with E-state index >= 15 is 0 Å². The Hall–Kier alpha value is -1.35. The number of amides is 1. The van der Waals surface area contributed by atoms with E-state index < -0.39 is 0 Å². The maximum atomic E-state index is 11.4. The number of fused-ring (bicyclic) bond motifs is 1. The maximum absolute atomic E-state index is 11.4. The van der Waals surface area contributed by atoms with E-state index in [-0.39, 0.29) is 11.8 Å². The van der Waals surface area contributed by atoms with Crippen LogP contribution in [0.25, 0.3) is 0 Å². The molecule has 0 aromatic heterocycles. The average Bonchev–Trinajstić information content (AvgIpc) is 2.39. The van der Waals surface area contributed by atoms with E-state index in [0.29, 0.717) is 0 Å². The Morgan fingerprint density at radius 1 is 1.47 bits per heavy atom. The van der Waals surface area contributed by atoms with Gasteiger partial charge in [0.1, 0.15) is 0 Å². The van der Waals surface area contributed by atoms with Gasteiger partial charge in [-0.2, -0.15) is 0 Å². The van der Waals surface area contributed by atoms with Crippen molar-refractivity contribution >= 4 is 5.91 Å². The van der Waals surface area contributed by atoms with Crippen LogP contribution in [0.4, 0.5) is 0 Å². The first-order valence-electron chi connectivity index (χ1n) is 5.24. The second kappa shape index (κ2) is 4.03.